The minimum atomic E-state index is -0.930. The van der Waals surface area contributed by atoms with E-state index in [4.69, 9.17) is 9.40 Å². The Hall–Kier alpha value is -7.76. The number of benzene rings is 8. The largest absolute Gasteiger partial charge is 0.437 e. The fourth-order valence-corrected chi connectivity index (χ4v) is 11.0. The molecule has 0 saturated heterocycles. The number of para-hydroxylation sites is 2. The van der Waals surface area contributed by atoms with Crippen molar-refractivity contribution < 1.29 is 8.81 Å². The lowest BCUT2D eigenvalue weighted by Crippen LogP contribution is -2.26. The quantitative estimate of drug-likeness (QED) is 0.167. The first kappa shape index (κ1) is 40.7. The molecule has 0 amide bonds. The summed E-state index contributed by atoms with van der Waals surface area (Å²) in [6.07, 6.45) is 1.80. The van der Waals surface area contributed by atoms with Gasteiger partial charge in [-0.1, -0.05) is 145 Å². The van der Waals surface area contributed by atoms with E-state index in [-0.39, 0.29) is 16.6 Å². The summed E-state index contributed by atoms with van der Waals surface area (Å²) in [6.45, 7) is 13.5. The van der Waals surface area contributed by atoms with Crippen molar-refractivity contribution in [1.82, 2.24) is 4.98 Å². The van der Waals surface area contributed by atoms with Gasteiger partial charge in [0.15, 0.2) is 0 Å². The average Bonchev–Trinajstić information content (AvgIpc) is 3.97. The summed E-state index contributed by atoms with van der Waals surface area (Å²) >= 11 is 0. The van der Waals surface area contributed by atoms with Gasteiger partial charge < -0.3 is 14.2 Å². The minimum absolute atomic E-state index is 0.00267. The number of anilines is 6. The van der Waals surface area contributed by atoms with Crippen LogP contribution in [0.15, 0.2) is 199 Å². The van der Waals surface area contributed by atoms with Gasteiger partial charge in [-0.3, -0.25) is 0 Å². The Balaban J connectivity index is 1.20. The van der Waals surface area contributed by atoms with E-state index in [1.165, 1.54) is 11.1 Å². The fraction of sp³-hybridized carbons (Fsp3) is 0.145. The van der Waals surface area contributed by atoms with Gasteiger partial charge in [0.1, 0.15) is 11.4 Å². The van der Waals surface area contributed by atoms with Crippen molar-refractivity contribution in [3.05, 3.63) is 233 Å². The molecule has 2 aliphatic rings. The van der Waals surface area contributed by atoms with Crippen LogP contribution in [0.3, 0.4) is 0 Å². The molecule has 2 heterocycles. The molecule has 0 radical (unpaired) electrons. The van der Waals surface area contributed by atoms with Gasteiger partial charge in [0.05, 0.1) is 21.9 Å². The fourth-order valence-electron chi connectivity index (χ4n) is 11.0. The number of hydrogen-bond acceptors (Lipinski definition) is 4. The molecule has 1 unspecified atom stereocenters. The Bertz CT molecular complexity index is 3550. The molecule has 67 heavy (non-hydrogen) atoms. The molecule has 0 N–H and O–H groups in total. The topological polar surface area (TPSA) is 32.5 Å². The van der Waals surface area contributed by atoms with Crippen molar-refractivity contribution in [1.29, 1.82) is 0 Å². The molecule has 8 aromatic carbocycles. The first-order valence-corrected chi connectivity index (χ1v) is 23.2. The first-order chi connectivity index (χ1) is 32.4. The van der Waals surface area contributed by atoms with Crippen molar-refractivity contribution in [3.8, 4) is 22.3 Å². The Morgan fingerprint density at radius 1 is 0.463 bits per heavy atom. The zero-order chi connectivity index (χ0) is 45.8. The van der Waals surface area contributed by atoms with Crippen LogP contribution in [0.5, 0.6) is 0 Å². The molecule has 2 aliphatic carbocycles. The molecule has 5 heteroatoms. The Labute approximate surface area is 391 Å². The molecule has 2 aromatic heterocycles. The number of aromatic nitrogens is 1. The van der Waals surface area contributed by atoms with E-state index in [1.54, 1.807) is 12.3 Å². The van der Waals surface area contributed by atoms with E-state index in [0.29, 0.717) is 11.3 Å². The summed E-state index contributed by atoms with van der Waals surface area (Å²) < 4.78 is 24.0. The van der Waals surface area contributed by atoms with Crippen LogP contribution in [0.1, 0.15) is 74.9 Å². The molecule has 0 fully saturated rings. The molecule has 0 aliphatic heterocycles. The van der Waals surface area contributed by atoms with Gasteiger partial charge in [-0.15, -0.1) is 0 Å². The maximum absolute atomic E-state index is 16.8. The van der Waals surface area contributed by atoms with E-state index in [2.05, 4.69) is 215 Å². The average molecular weight is 872 g/mol. The van der Waals surface area contributed by atoms with Gasteiger partial charge in [-0.25, -0.2) is 9.37 Å². The van der Waals surface area contributed by atoms with Crippen molar-refractivity contribution in [3.63, 3.8) is 0 Å². The summed E-state index contributed by atoms with van der Waals surface area (Å²) in [5.41, 5.74) is 16.5. The minimum Gasteiger partial charge on any atom is -0.437 e. The molecule has 1 atom stereocenters. The second-order valence-corrected chi connectivity index (χ2v) is 20.1. The molecular formula is C62H50FN3O. The maximum Gasteiger partial charge on any atom is 0.227 e. The Morgan fingerprint density at radius 2 is 1.01 bits per heavy atom. The number of furan rings is 1. The van der Waals surface area contributed by atoms with Gasteiger partial charge in [0, 0.05) is 45.8 Å². The van der Waals surface area contributed by atoms with Gasteiger partial charge in [-0.2, -0.15) is 0 Å². The maximum atomic E-state index is 16.8. The summed E-state index contributed by atoms with van der Waals surface area (Å²) in [7, 11) is 0. The van der Waals surface area contributed by atoms with Crippen LogP contribution in [0.2, 0.25) is 0 Å². The van der Waals surface area contributed by atoms with E-state index in [9.17, 15) is 0 Å². The third-order valence-corrected chi connectivity index (χ3v) is 14.1. The summed E-state index contributed by atoms with van der Waals surface area (Å²) in [5.74, 6) is -0.239. The lowest BCUT2D eigenvalue weighted by molar-refractivity contribution is 0.590. The molecule has 0 bridgehead atoms. The second-order valence-electron chi connectivity index (χ2n) is 20.1. The third kappa shape index (κ3) is 6.14. The SMILES string of the molecule is CC(C)(C)c1ccc(N(c2ccccc2)c2ccc3c(c2)C2(c4ccccc4-c4c(F)cccc42)c2cc(N(c4ccccc4)c4ccc(C(C)(C)C)cc4)c4c(oc5ncccc54)c2-3)cc1. The molecule has 1 spiro atoms. The summed E-state index contributed by atoms with van der Waals surface area (Å²) in [6, 6.07) is 66.3. The summed E-state index contributed by atoms with van der Waals surface area (Å²) in [4.78, 5) is 9.53. The molecule has 12 rings (SSSR count). The highest BCUT2D eigenvalue weighted by Gasteiger charge is 2.54. The predicted molar refractivity (Wildman–Crippen MR) is 275 cm³/mol. The number of pyridine rings is 1. The van der Waals surface area contributed by atoms with Gasteiger partial charge in [0.25, 0.3) is 0 Å². The Morgan fingerprint density at radius 3 is 1.67 bits per heavy atom. The highest BCUT2D eigenvalue weighted by molar-refractivity contribution is 6.19. The van der Waals surface area contributed by atoms with E-state index < -0.39 is 5.41 Å². The van der Waals surface area contributed by atoms with Crippen molar-refractivity contribution in [2.75, 3.05) is 9.80 Å². The van der Waals surface area contributed by atoms with Crippen LogP contribution in [-0.4, -0.2) is 4.98 Å². The van der Waals surface area contributed by atoms with Crippen LogP contribution in [0.4, 0.5) is 38.5 Å². The third-order valence-electron chi connectivity index (χ3n) is 14.1. The van der Waals surface area contributed by atoms with Gasteiger partial charge in [-0.05, 0) is 140 Å². The zero-order valence-electron chi connectivity index (χ0n) is 38.6. The molecule has 10 aromatic rings. The lowest BCUT2D eigenvalue weighted by Gasteiger charge is -2.33. The Kier molecular flexibility index (Phi) is 9.05. The predicted octanol–water partition coefficient (Wildman–Crippen LogP) is 17.0. The van der Waals surface area contributed by atoms with Crippen LogP contribution < -0.4 is 9.80 Å². The van der Waals surface area contributed by atoms with Gasteiger partial charge >= 0.3 is 0 Å². The number of rotatable bonds is 6. The number of halogens is 1. The highest BCUT2D eigenvalue weighted by Crippen LogP contribution is 2.66. The van der Waals surface area contributed by atoms with Gasteiger partial charge in [0.2, 0.25) is 5.71 Å². The number of nitrogens with zero attached hydrogens (tertiary/aromatic N) is 3. The molecule has 326 valence electrons. The van der Waals surface area contributed by atoms with E-state index in [0.717, 1.165) is 89.4 Å². The lowest BCUT2D eigenvalue weighted by atomic mass is 9.70. The zero-order valence-corrected chi connectivity index (χ0v) is 38.6. The standard InChI is InChI=1S/C62H50FN3O/c1-60(2,3)39-26-30-43(31-27-39)65(41-17-9-7-10-18-41)45-34-35-47-51(37-45)62(49-23-14-13-21-46(49)55-50(62)24-15-25-53(55)63)52-38-54(57-48-22-16-36-64-59(48)67-58(57)56(47)52)66(42-19-11-8-12-20-42)44-32-28-40(29-33-44)61(4,5)6/h7-38H,1-6H3. The molecule has 0 saturated carbocycles. The normalized spacial score (nSPS) is 14.9. The summed E-state index contributed by atoms with van der Waals surface area (Å²) in [5, 5.41) is 1.89. The highest BCUT2D eigenvalue weighted by atomic mass is 19.1. The van der Waals surface area contributed by atoms with Crippen LogP contribution in [-0.2, 0) is 16.2 Å². The number of hydrogen-bond donors (Lipinski definition) is 0. The smallest absolute Gasteiger partial charge is 0.227 e. The first-order valence-electron chi connectivity index (χ1n) is 23.2. The van der Waals surface area contributed by atoms with Crippen molar-refractivity contribution in [2.24, 2.45) is 0 Å². The van der Waals surface area contributed by atoms with Crippen LogP contribution in [0, 0.1) is 5.82 Å². The second kappa shape index (κ2) is 14.9. The molecular weight excluding hydrogens is 822 g/mol. The monoisotopic (exact) mass is 871 g/mol. The van der Waals surface area contributed by atoms with Crippen molar-refractivity contribution in [2.45, 2.75) is 57.8 Å². The van der Waals surface area contributed by atoms with Crippen LogP contribution >= 0.6 is 0 Å². The number of fused-ring (bicyclic) bond motifs is 14. The van der Waals surface area contributed by atoms with E-state index >= 15 is 4.39 Å². The van der Waals surface area contributed by atoms with E-state index in [1.807, 2.05) is 18.2 Å². The molecule has 4 nitrogen and oxygen atoms in total. The van der Waals surface area contributed by atoms with Crippen molar-refractivity contribution >= 4 is 56.2 Å². The van der Waals surface area contributed by atoms with Crippen LogP contribution in [0.25, 0.3) is 44.3 Å².